The summed E-state index contributed by atoms with van der Waals surface area (Å²) in [6, 6.07) is 0. The second kappa shape index (κ2) is 8.29. The van der Waals surface area contributed by atoms with Crippen LogP contribution in [-0.4, -0.2) is 53.6 Å². The van der Waals surface area contributed by atoms with Gasteiger partial charge in [0.2, 0.25) is 0 Å². The van der Waals surface area contributed by atoms with Crippen molar-refractivity contribution in [3.63, 3.8) is 0 Å². The Morgan fingerprint density at radius 2 is 2.23 bits per heavy atom. The lowest BCUT2D eigenvalue weighted by atomic mass is 10.2. The molecule has 1 aromatic rings. The highest BCUT2D eigenvalue weighted by atomic mass is 35.5. The maximum atomic E-state index is 6.46. The average Bonchev–Trinajstić information content (AvgIpc) is 2.74. The minimum absolute atomic E-state index is 0.262. The summed E-state index contributed by atoms with van der Waals surface area (Å²) >= 11 is 6.46. The summed E-state index contributed by atoms with van der Waals surface area (Å²) in [6.07, 6.45) is 0.262. The number of rotatable bonds is 7. The van der Waals surface area contributed by atoms with Gasteiger partial charge in [-0.2, -0.15) is 5.10 Å². The third-order valence-electron chi connectivity index (χ3n) is 4.07. The van der Waals surface area contributed by atoms with E-state index in [1.54, 1.807) is 0 Å². The summed E-state index contributed by atoms with van der Waals surface area (Å²) < 4.78 is 7.72. The molecule has 126 valence electrons. The molecule has 0 unspecified atom stereocenters. The Hall–Kier alpha value is -0.620. The molecule has 1 atom stereocenters. The number of halogens is 1. The van der Waals surface area contributed by atoms with Crippen molar-refractivity contribution in [2.45, 2.75) is 46.9 Å². The van der Waals surface area contributed by atoms with Crippen molar-refractivity contribution < 1.29 is 4.74 Å². The summed E-state index contributed by atoms with van der Waals surface area (Å²) in [7, 11) is 0. The van der Waals surface area contributed by atoms with Crippen molar-refractivity contribution in [2.24, 2.45) is 5.92 Å². The first-order valence-corrected chi connectivity index (χ1v) is 8.65. The molecule has 0 aliphatic carbocycles. The highest BCUT2D eigenvalue weighted by molar-refractivity contribution is 6.30. The van der Waals surface area contributed by atoms with Crippen molar-refractivity contribution in [1.29, 1.82) is 0 Å². The van der Waals surface area contributed by atoms with Gasteiger partial charge in [-0.1, -0.05) is 32.4 Å². The zero-order valence-corrected chi connectivity index (χ0v) is 15.0. The maximum Gasteiger partial charge on any atom is 0.131 e. The van der Waals surface area contributed by atoms with Crippen LogP contribution in [0, 0.1) is 12.8 Å². The summed E-state index contributed by atoms with van der Waals surface area (Å²) in [6.45, 7) is 15.0. The Bertz CT molecular complexity index is 475. The Kier molecular flexibility index (Phi) is 6.68. The van der Waals surface area contributed by atoms with Crippen LogP contribution in [-0.2, 0) is 17.8 Å². The Balaban J connectivity index is 1.85. The normalized spacial score (nSPS) is 20.0. The van der Waals surface area contributed by atoms with E-state index in [1.807, 2.05) is 11.6 Å². The smallest absolute Gasteiger partial charge is 0.131 e. The summed E-state index contributed by atoms with van der Waals surface area (Å²) in [5.41, 5.74) is 2.11. The molecule has 1 aliphatic heterocycles. The van der Waals surface area contributed by atoms with Crippen LogP contribution in [0.1, 0.15) is 32.0 Å². The minimum atomic E-state index is 0.262. The average molecular weight is 329 g/mol. The van der Waals surface area contributed by atoms with Gasteiger partial charge in [-0.3, -0.25) is 9.58 Å². The maximum absolute atomic E-state index is 6.46. The fourth-order valence-corrected chi connectivity index (χ4v) is 3.12. The number of nitrogens with zero attached hydrogens (tertiary/aromatic N) is 3. The molecule has 0 spiro atoms. The van der Waals surface area contributed by atoms with Crippen LogP contribution in [0.4, 0.5) is 0 Å². The van der Waals surface area contributed by atoms with E-state index in [4.69, 9.17) is 16.3 Å². The Labute approximate surface area is 139 Å². The van der Waals surface area contributed by atoms with E-state index in [2.05, 4.69) is 36.1 Å². The van der Waals surface area contributed by atoms with Crippen molar-refractivity contribution in [3.05, 3.63) is 16.4 Å². The van der Waals surface area contributed by atoms with Gasteiger partial charge in [-0.25, -0.2) is 0 Å². The quantitative estimate of drug-likeness (QED) is 0.834. The molecule has 0 saturated carbocycles. The predicted octanol–water partition coefficient (Wildman–Crippen LogP) is 2.31. The highest BCUT2D eigenvalue weighted by Crippen LogP contribution is 2.20. The molecular weight excluding hydrogens is 300 g/mol. The van der Waals surface area contributed by atoms with Crippen LogP contribution >= 0.6 is 11.6 Å². The van der Waals surface area contributed by atoms with Crippen LogP contribution in [0.15, 0.2) is 0 Å². The lowest BCUT2D eigenvalue weighted by molar-refractivity contribution is -0.0253. The monoisotopic (exact) mass is 328 g/mol. The fourth-order valence-electron chi connectivity index (χ4n) is 2.81. The zero-order chi connectivity index (χ0) is 16.1. The topological polar surface area (TPSA) is 42.3 Å². The highest BCUT2D eigenvalue weighted by Gasteiger charge is 2.19. The van der Waals surface area contributed by atoms with Crippen LogP contribution < -0.4 is 5.32 Å². The molecule has 1 fully saturated rings. The predicted molar refractivity (Wildman–Crippen MR) is 90.4 cm³/mol. The first kappa shape index (κ1) is 17.7. The molecular formula is C16H29ClN4O. The number of nitrogens with one attached hydrogen (secondary N) is 1. The minimum Gasteiger partial charge on any atom is -0.374 e. The molecule has 22 heavy (non-hydrogen) atoms. The van der Waals surface area contributed by atoms with Gasteiger partial charge in [0.25, 0.3) is 0 Å². The number of ether oxygens (including phenoxy) is 1. The largest absolute Gasteiger partial charge is 0.374 e. The van der Waals surface area contributed by atoms with Gasteiger partial charge in [0.15, 0.2) is 0 Å². The first-order chi connectivity index (χ1) is 10.5. The molecule has 1 aromatic heterocycles. The molecule has 1 aliphatic rings. The molecule has 0 bridgehead atoms. The third kappa shape index (κ3) is 4.69. The fraction of sp³-hybridized carbons (Fsp3) is 0.812. The number of aromatic nitrogens is 2. The van der Waals surface area contributed by atoms with Crippen molar-refractivity contribution >= 4 is 11.6 Å². The number of likely N-dealkylation sites (N-methyl/N-ethyl adjacent to an activating group) is 1. The summed E-state index contributed by atoms with van der Waals surface area (Å²) in [5.74, 6) is 0.535. The van der Waals surface area contributed by atoms with Crippen molar-refractivity contribution in [2.75, 3.05) is 32.8 Å². The van der Waals surface area contributed by atoms with E-state index in [0.717, 1.165) is 62.3 Å². The molecule has 2 rings (SSSR count). The van der Waals surface area contributed by atoms with E-state index < -0.39 is 0 Å². The third-order valence-corrected chi connectivity index (χ3v) is 4.49. The van der Waals surface area contributed by atoms with Gasteiger partial charge in [0.1, 0.15) is 5.15 Å². The molecule has 1 saturated heterocycles. The van der Waals surface area contributed by atoms with Gasteiger partial charge < -0.3 is 10.1 Å². The zero-order valence-electron chi connectivity index (χ0n) is 14.2. The van der Waals surface area contributed by atoms with Gasteiger partial charge >= 0.3 is 0 Å². The number of aryl methyl sites for hydroxylation is 1. The van der Waals surface area contributed by atoms with E-state index in [0.29, 0.717) is 5.92 Å². The molecule has 1 N–H and O–H groups in total. The van der Waals surface area contributed by atoms with Crippen LogP contribution in [0.5, 0.6) is 0 Å². The van der Waals surface area contributed by atoms with Crippen LogP contribution in [0.25, 0.3) is 0 Å². The van der Waals surface area contributed by atoms with Gasteiger partial charge in [-0.05, 0) is 19.4 Å². The number of hydrogen-bond acceptors (Lipinski definition) is 4. The molecule has 0 radical (unpaired) electrons. The number of hydrogen-bond donors (Lipinski definition) is 1. The summed E-state index contributed by atoms with van der Waals surface area (Å²) in [5, 5.41) is 8.78. The van der Waals surface area contributed by atoms with Gasteiger partial charge in [-0.15, -0.1) is 0 Å². The van der Waals surface area contributed by atoms with E-state index in [-0.39, 0.29) is 6.10 Å². The molecule has 0 amide bonds. The molecule has 6 heteroatoms. The van der Waals surface area contributed by atoms with Crippen LogP contribution in [0.3, 0.4) is 0 Å². The van der Waals surface area contributed by atoms with E-state index in [1.165, 1.54) is 0 Å². The van der Waals surface area contributed by atoms with Crippen molar-refractivity contribution in [1.82, 2.24) is 20.0 Å². The molecule has 2 heterocycles. The van der Waals surface area contributed by atoms with E-state index >= 15 is 0 Å². The Morgan fingerprint density at radius 3 is 2.91 bits per heavy atom. The van der Waals surface area contributed by atoms with Gasteiger partial charge in [0, 0.05) is 38.3 Å². The molecule has 5 nitrogen and oxygen atoms in total. The SMILES string of the molecule is CCN1CCO[C@@H](CNCc2c(C)nn(CC(C)C)c2Cl)C1. The first-order valence-electron chi connectivity index (χ1n) is 8.27. The second-order valence-electron chi connectivity index (χ2n) is 6.45. The summed E-state index contributed by atoms with van der Waals surface area (Å²) in [4.78, 5) is 2.43. The van der Waals surface area contributed by atoms with Crippen molar-refractivity contribution in [3.8, 4) is 0 Å². The lowest BCUT2D eigenvalue weighted by Crippen LogP contribution is -2.46. The van der Waals surface area contributed by atoms with Gasteiger partial charge in [0.05, 0.1) is 18.4 Å². The lowest BCUT2D eigenvalue weighted by Gasteiger charge is -2.32. The molecule has 0 aromatic carbocycles. The van der Waals surface area contributed by atoms with E-state index in [9.17, 15) is 0 Å². The Morgan fingerprint density at radius 1 is 1.45 bits per heavy atom. The number of morpholine rings is 1. The second-order valence-corrected chi connectivity index (χ2v) is 6.81. The van der Waals surface area contributed by atoms with Crippen LogP contribution in [0.2, 0.25) is 5.15 Å². The standard InChI is InChI=1S/C16H29ClN4O/c1-5-20-6-7-22-14(11-20)8-18-9-15-13(4)19-21(16(15)17)10-12(2)3/h12,14,18H,5-11H2,1-4H3/t14-/m0/s1.